The molecule has 0 aliphatic carbocycles. The molecule has 0 saturated carbocycles. The van der Waals surface area contributed by atoms with Crippen LogP contribution in [0.3, 0.4) is 0 Å². The van der Waals surface area contributed by atoms with Gasteiger partial charge in [0.2, 0.25) is 7.37 Å². The second-order valence-electron chi connectivity index (χ2n) is 4.52. The van der Waals surface area contributed by atoms with Crippen molar-refractivity contribution in [1.82, 2.24) is 9.55 Å². The molecule has 18 heavy (non-hydrogen) atoms. The van der Waals surface area contributed by atoms with Crippen LogP contribution in [0, 0.1) is 0 Å². The van der Waals surface area contributed by atoms with Gasteiger partial charge in [0.1, 0.15) is 11.7 Å². The van der Waals surface area contributed by atoms with Crippen LogP contribution in [0.25, 0.3) is 0 Å². The summed E-state index contributed by atoms with van der Waals surface area (Å²) in [5, 5.41) is 0. The van der Waals surface area contributed by atoms with Gasteiger partial charge in [-0.05, 0) is 18.9 Å². The van der Waals surface area contributed by atoms with Gasteiger partial charge in [0.25, 0.3) is 0 Å². The monoisotopic (exact) mass is 273 g/mol. The molecule has 1 saturated heterocycles. The van der Waals surface area contributed by atoms with E-state index in [1.54, 1.807) is 6.20 Å². The van der Waals surface area contributed by atoms with Crippen LogP contribution in [0.1, 0.15) is 12.8 Å². The Balaban J connectivity index is 2.04. The molecule has 2 rings (SSSR count). The Morgan fingerprint density at radius 2 is 2.39 bits per heavy atom. The van der Waals surface area contributed by atoms with Gasteiger partial charge in [-0.15, -0.1) is 0 Å². The van der Waals surface area contributed by atoms with E-state index >= 15 is 0 Å². The van der Waals surface area contributed by atoms with Crippen molar-refractivity contribution in [3.8, 4) is 0 Å². The highest BCUT2D eigenvalue weighted by Gasteiger charge is 2.35. The minimum atomic E-state index is -3.22. The quantitative estimate of drug-likeness (QED) is 0.763. The summed E-state index contributed by atoms with van der Waals surface area (Å²) in [6, 6.07) is 1.53. The molecule has 1 aromatic heterocycles. The highest BCUT2D eigenvalue weighted by atomic mass is 31.2. The zero-order valence-corrected chi connectivity index (χ0v) is 10.9. The van der Waals surface area contributed by atoms with Gasteiger partial charge in [0, 0.05) is 12.9 Å². The second kappa shape index (κ2) is 4.84. The van der Waals surface area contributed by atoms with Crippen LogP contribution in [0.15, 0.2) is 17.1 Å². The standard InChI is InChI=1S/C10H16N3O4P/c1-18(15,16)9-3-2-7(17-9)6-13-5-4-8(11)12-10(13)14/h4-5,7,9H,2-3,6H2,1H3,(H,15,16)(H2,11,12,14). The van der Waals surface area contributed by atoms with E-state index < -0.39 is 18.9 Å². The molecule has 3 atom stereocenters. The Labute approximate surface area is 104 Å². The molecule has 3 unspecified atom stereocenters. The number of hydrogen-bond acceptors (Lipinski definition) is 5. The molecule has 1 fully saturated rings. The SMILES string of the molecule is CP(=O)(O)C1CCC(Cn2ccc(N)nc2=O)O1. The Morgan fingerprint density at radius 1 is 1.67 bits per heavy atom. The Kier molecular flexibility index (Phi) is 3.56. The van der Waals surface area contributed by atoms with E-state index in [0.717, 1.165) is 0 Å². The van der Waals surface area contributed by atoms with Crippen LogP contribution in [0.4, 0.5) is 5.82 Å². The number of nitrogen functional groups attached to an aromatic ring is 1. The van der Waals surface area contributed by atoms with Crippen LogP contribution in [-0.2, 0) is 15.8 Å². The molecule has 0 spiro atoms. The molecule has 1 aromatic rings. The summed E-state index contributed by atoms with van der Waals surface area (Å²) in [4.78, 5) is 24.6. The molecule has 7 nitrogen and oxygen atoms in total. The lowest BCUT2D eigenvalue weighted by atomic mass is 10.2. The fourth-order valence-electron chi connectivity index (χ4n) is 1.97. The molecule has 0 amide bonds. The van der Waals surface area contributed by atoms with E-state index in [0.29, 0.717) is 19.4 Å². The summed E-state index contributed by atoms with van der Waals surface area (Å²) < 4.78 is 18.3. The van der Waals surface area contributed by atoms with Crippen molar-refractivity contribution >= 4 is 13.2 Å². The van der Waals surface area contributed by atoms with Gasteiger partial charge in [0.05, 0.1) is 12.6 Å². The molecule has 1 aliphatic rings. The van der Waals surface area contributed by atoms with Crippen LogP contribution in [0.2, 0.25) is 0 Å². The smallest absolute Gasteiger partial charge is 0.349 e. The molecule has 0 bridgehead atoms. The van der Waals surface area contributed by atoms with Gasteiger partial charge >= 0.3 is 5.69 Å². The van der Waals surface area contributed by atoms with Crippen molar-refractivity contribution in [2.24, 2.45) is 0 Å². The first-order chi connectivity index (χ1) is 8.36. The van der Waals surface area contributed by atoms with Gasteiger partial charge in [-0.2, -0.15) is 4.98 Å². The van der Waals surface area contributed by atoms with Crippen molar-refractivity contribution in [1.29, 1.82) is 0 Å². The zero-order valence-electron chi connectivity index (χ0n) is 10.0. The molecular formula is C10H16N3O4P. The summed E-state index contributed by atoms with van der Waals surface area (Å²) in [5.74, 6) is -0.449. The molecule has 1 aliphatic heterocycles. The van der Waals surface area contributed by atoms with Gasteiger partial charge in [-0.1, -0.05) is 0 Å². The highest BCUT2D eigenvalue weighted by Crippen LogP contribution is 2.48. The van der Waals surface area contributed by atoms with E-state index in [1.807, 2.05) is 0 Å². The minimum Gasteiger partial charge on any atom is -0.383 e. The molecule has 100 valence electrons. The average molecular weight is 273 g/mol. The lowest BCUT2D eigenvalue weighted by Crippen LogP contribution is -2.28. The molecule has 2 heterocycles. The fourth-order valence-corrected chi connectivity index (χ4v) is 3.00. The average Bonchev–Trinajstić information content (AvgIpc) is 2.70. The first-order valence-corrected chi connectivity index (χ1v) is 7.82. The molecule has 0 aromatic carbocycles. The third kappa shape index (κ3) is 2.98. The van der Waals surface area contributed by atoms with Crippen molar-refractivity contribution < 1.29 is 14.2 Å². The summed E-state index contributed by atoms with van der Waals surface area (Å²) in [7, 11) is -3.22. The summed E-state index contributed by atoms with van der Waals surface area (Å²) in [5.41, 5.74) is 4.95. The van der Waals surface area contributed by atoms with Gasteiger partial charge in [-0.25, -0.2) is 4.79 Å². The number of rotatable bonds is 3. The number of nitrogens with zero attached hydrogens (tertiary/aromatic N) is 2. The predicted molar refractivity (Wildman–Crippen MR) is 66.6 cm³/mol. The van der Waals surface area contributed by atoms with Gasteiger partial charge in [0.15, 0.2) is 0 Å². The Hall–Kier alpha value is -1.17. The van der Waals surface area contributed by atoms with Crippen molar-refractivity contribution in [2.75, 3.05) is 12.4 Å². The highest BCUT2D eigenvalue weighted by molar-refractivity contribution is 7.57. The molecule has 8 heteroatoms. The Morgan fingerprint density at radius 3 is 2.94 bits per heavy atom. The van der Waals surface area contributed by atoms with E-state index in [2.05, 4.69) is 4.98 Å². The van der Waals surface area contributed by atoms with E-state index in [1.165, 1.54) is 17.3 Å². The first-order valence-electron chi connectivity index (χ1n) is 5.64. The van der Waals surface area contributed by atoms with Gasteiger partial charge in [-0.3, -0.25) is 9.13 Å². The van der Waals surface area contributed by atoms with E-state index in [4.69, 9.17) is 10.5 Å². The van der Waals surface area contributed by atoms with E-state index in [9.17, 15) is 14.3 Å². The maximum absolute atomic E-state index is 11.5. The number of anilines is 1. The van der Waals surface area contributed by atoms with Crippen LogP contribution < -0.4 is 11.4 Å². The zero-order chi connectivity index (χ0) is 13.3. The molecular weight excluding hydrogens is 257 g/mol. The summed E-state index contributed by atoms with van der Waals surface area (Å²) >= 11 is 0. The Bertz CT molecular complexity index is 538. The fraction of sp³-hybridized carbons (Fsp3) is 0.600. The summed E-state index contributed by atoms with van der Waals surface area (Å²) in [6.45, 7) is 1.61. The first kappa shape index (κ1) is 13.3. The van der Waals surface area contributed by atoms with E-state index in [-0.39, 0.29) is 11.9 Å². The maximum atomic E-state index is 11.5. The van der Waals surface area contributed by atoms with Crippen LogP contribution in [0.5, 0.6) is 0 Å². The van der Waals surface area contributed by atoms with Crippen molar-refractivity contribution in [3.63, 3.8) is 0 Å². The third-order valence-corrected chi connectivity index (χ3v) is 4.36. The number of hydrogen-bond donors (Lipinski definition) is 2. The molecule has 3 N–H and O–H groups in total. The maximum Gasteiger partial charge on any atom is 0.349 e. The third-order valence-electron chi connectivity index (χ3n) is 2.92. The molecule has 0 radical (unpaired) electrons. The van der Waals surface area contributed by atoms with Crippen LogP contribution >= 0.6 is 7.37 Å². The minimum absolute atomic E-state index is 0.176. The lowest BCUT2D eigenvalue weighted by Gasteiger charge is -2.16. The summed E-state index contributed by atoms with van der Waals surface area (Å²) in [6.07, 6.45) is 2.50. The van der Waals surface area contributed by atoms with Crippen molar-refractivity contribution in [3.05, 3.63) is 22.7 Å². The van der Waals surface area contributed by atoms with Crippen molar-refractivity contribution in [2.45, 2.75) is 31.3 Å². The topological polar surface area (TPSA) is 107 Å². The number of aromatic nitrogens is 2. The largest absolute Gasteiger partial charge is 0.383 e. The number of ether oxygens (including phenoxy) is 1. The van der Waals surface area contributed by atoms with Crippen LogP contribution in [-0.4, -0.2) is 33.1 Å². The predicted octanol–water partition coefficient (Wildman–Crippen LogP) is 0.231. The number of nitrogens with two attached hydrogens (primary N) is 1. The normalized spacial score (nSPS) is 27.0. The second-order valence-corrected chi connectivity index (χ2v) is 6.98. The van der Waals surface area contributed by atoms with Gasteiger partial charge < -0.3 is 15.4 Å². The lowest BCUT2D eigenvalue weighted by molar-refractivity contribution is 0.0683.